The molecule has 3 aromatic rings. The van der Waals surface area contributed by atoms with Crippen molar-refractivity contribution < 1.29 is 9.53 Å². The Balaban J connectivity index is 1.44. The largest absolute Gasteiger partial charge is 0.457 e. The molecule has 1 fully saturated rings. The van der Waals surface area contributed by atoms with E-state index in [0.29, 0.717) is 18.9 Å². The molecule has 32 heavy (non-hydrogen) atoms. The smallest absolute Gasteiger partial charge is 0.298 e. The predicted molar refractivity (Wildman–Crippen MR) is 121 cm³/mol. The molecule has 1 saturated heterocycles. The monoisotopic (exact) mass is 423 g/mol. The minimum Gasteiger partial charge on any atom is -0.457 e. The normalized spacial score (nSPS) is 19.2. The summed E-state index contributed by atoms with van der Waals surface area (Å²) in [5, 5.41) is 0. The fraction of sp³-hybridized carbons (Fsp3) is 0.200. The number of aromatic nitrogens is 2. The fourth-order valence-electron chi connectivity index (χ4n) is 4.32. The first kappa shape index (κ1) is 19.8. The van der Waals surface area contributed by atoms with Crippen molar-refractivity contribution in [2.24, 2.45) is 10.9 Å². The van der Waals surface area contributed by atoms with Crippen molar-refractivity contribution in [1.29, 1.82) is 0 Å². The summed E-state index contributed by atoms with van der Waals surface area (Å²) in [6.45, 7) is 1.17. The van der Waals surface area contributed by atoms with Gasteiger partial charge < -0.3 is 15.4 Å². The quantitative estimate of drug-likeness (QED) is 0.651. The number of nitrogens with two attached hydrogens (primary N) is 1. The third kappa shape index (κ3) is 3.56. The minimum absolute atomic E-state index is 0.124. The number of terminal acetylenes is 1. The number of carbonyl (C=O) groups is 1. The van der Waals surface area contributed by atoms with E-state index in [-0.39, 0.29) is 17.9 Å². The number of nitrogen functional groups attached to an aromatic ring is 1. The molecule has 1 amide bonds. The number of anilines is 1. The second-order valence-electron chi connectivity index (χ2n) is 7.83. The number of amides is 1. The third-order valence-corrected chi connectivity index (χ3v) is 5.88. The van der Waals surface area contributed by atoms with E-state index in [9.17, 15) is 4.79 Å². The van der Waals surface area contributed by atoms with Gasteiger partial charge in [0, 0.05) is 24.6 Å². The van der Waals surface area contributed by atoms with Gasteiger partial charge >= 0.3 is 0 Å². The summed E-state index contributed by atoms with van der Waals surface area (Å²) < 4.78 is 5.89. The minimum atomic E-state index is -0.286. The molecule has 2 atom stereocenters. The lowest BCUT2D eigenvalue weighted by atomic mass is 9.95. The van der Waals surface area contributed by atoms with Crippen molar-refractivity contribution in [3.63, 3.8) is 0 Å². The molecule has 2 aliphatic rings. The maximum Gasteiger partial charge on any atom is 0.298 e. The second-order valence-corrected chi connectivity index (χ2v) is 7.83. The Morgan fingerprint density at radius 3 is 2.59 bits per heavy atom. The van der Waals surface area contributed by atoms with Gasteiger partial charge in [-0.05, 0) is 48.7 Å². The highest BCUT2D eigenvalue weighted by Crippen LogP contribution is 2.41. The molecule has 2 unspecified atom stereocenters. The highest BCUT2D eigenvalue weighted by molar-refractivity contribution is 6.17. The van der Waals surface area contributed by atoms with E-state index >= 15 is 0 Å². The van der Waals surface area contributed by atoms with E-state index in [1.165, 1.54) is 6.33 Å². The third-order valence-electron chi connectivity index (χ3n) is 5.88. The number of nitrogens with zero attached hydrogens (tertiary/aromatic N) is 4. The van der Waals surface area contributed by atoms with Crippen LogP contribution in [0.1, 0.15) is 29.3 Å². The van der Waals surface area contributed by atoms with E-state index < -0.39 is 0 Å². The van der Waals surface area contributed by atoms with Gasteiger partial charge in [-0.1, -0.05) is 18.2 Å². The molecule has 1 aromatic heterocycles. The van der Waals surface area contributed by atoms with Crippen LogP contribution in [0.5, 0.6) is 11.5 Å². The van der Waals surface area contributed by atoms with Crippen molar-refractivity contribution in [2.45, 2.75) is 12.5 Å². The van der Waals surface area contributed by atoms with Crippen molar-refractivity contribution >= 4 is 17.4 Å². The number of rotatable bonds is 4. The Bertz CT molecular complexity index is 1230. The SMILES string of the molecule is C#CC(=O)N1CCC(C2N=C(c3ccc(Oc4ccccc4)cc3)c3c(N)ncnc32)C1. The highest BCUT2D eigenvalue weighted by Gasteiger charge is 2.39. The van der Waals surface area contributed by atoms with Gasteiger partial charge in [-0.3, -0.25) is 9.79 Å². The highest BCUT2D eigenvalue weighted by atomic mass is 16.5. The lowest BCUT2D eigenvalue weighted by molar-refractivity contribution is -0.124. The topological polar surface area (TPSA) is 93.7 Å². The summed E-state index contributed by atoms with van der Waals surface area (Å²) >= 11 is 0. The molecule has 0 radical (unpaired) electrons. The van der Waals surface area contributed by atoms with Crippen LogP contribution in [0.15, 0.2) is 65.9 Å². The van der Waals surface area contributed by atoms with Crippen molar-refractivity contribution in [1.82, 2.24) is 14.9 Å². The second kappa shape index (κ2) is 8.16. The summed E-state index contributed by atoms with van der Waals surface area (Å²) in [6.07, 6.45) is 7.57. The number of para-hydroxylation sites is 1. The van der Waals surface area contributed by atoms with E-state index in [4.69, 9.17) is 21.9 Å². The van der Waals surface area contributed by atoms with E-state index in [1.807, 2.05) is 54.6 Å². The summed E-state index contributed by atoms with van der Waals surface area (Å²) in [5.74, 6) is 3.93. The standard InChI is InChI=1S/C25H21N5O2/c1-2-20(31)30-13-12-17(14-30)23-24-21(25(26)28-15-27-24)22(29-23)16-8-10-19(11-9-16)32-18-6-4-3-5-7-18/h1,3-11,15,17,23H,12-14H2,(H2,26,27,28). The Morgan fingerprint density at radius 2 is 1.84 bits per heavy atom. The summed E-state index contributed by atoms with van der Waals surface area (Å²) in [5.41, 5.74) is 9.47. The molecule has 158 valence electrons. The molecule has 0 aliphatic carbocycles. The number of likely N-dealkylation sites (tertiary alicyclic amines) is 1. The van der Waals surface area contributed by atoms with Crippen LogP contribution < -0.4 is 10.5 Å². The van der Waals surface area contributed by atoms with Gasteiger partial charge in [-0.15, -0.1) is 6.42 Å². The maximum atomic E-state index is 11.9. The molecule has 7 nitrogen and oxygen atoms in total. The Morgan fingerprint density at radius 1 is 1.09 bits per heavy atom. The van der Waals surface area contributed by atoms with E-state index in [0.717, 1.165) is 40.5 Å². The summed E-state index contributed by atoms with van der Waals surface area (Å²) in [6, 6.07) is 17.1. The Hall–Kier alpha value is -4.18. The number of hydrogen-bond donors (Lipinski definition) is 1. The number of benzene rings is 2. The van der Waals surface area contributed by atoms with Gasteiger partial charge in [0.25, 0.3) is 5.91 Å². The molecule has 2 aromatic carbocycles. The van der Waals surface area contributed by atoms with Crippen LogP contribution in [0.3, 0.4) is 0 Å². The van der Waals surface area contributed by atoms with E-state index in [1.54, 1.807) is 4.90 Å². The summed E-state index contributed by atoms with van der Waals surface area (Å²) in [4.78, 5) is 27.3. The number of ether oxygens (including phenoxy) is 1. The molecule has 2 aliphatic heterocycles. The van der Waals surface area contributed by atoms with Crippen LogP contribution >= 0.6 is 0 Å². The number of fused-ring (bicyclic) bond motifs is 1. The van der Waals surface area contributed by atoms with E-state index in [2.05, 4.69) is 15.9 Å². The van der Waals surface area contributed by atoms with Gasteiger partial charge in [0.2, 0.25) is 0 Å². The molecular weight excluding hydrogens is 402 g/mol. The summed E-state index contributed by atoms with van der Waals surface area (Å²) in [7, 11) is 0. The molecule has 0 bridgehead atoms. The zero-order valence-corrected chi connectivity index (χ0v) is 17.3. The maximum absolute atomic E-state index is 11.9. The first-order valence-electron chi connectivity index (χ1n) is 10.4. The van der Waals surface area contributed by atoms with Gasteiger partial charge in [0.05, 0.1) is 23.0 Å². The van der Waals surface area contributed by atoms with Gasteiger partial charge in [0.15, 0.2) is 0 Å². The van der Waals surface area contributed by atoms with Crippen molar-refractivity contribution in [3.8, 4) is 23.8 Å². The van der Waals surface area contributed by atoms with Crippen LogP contribution in [-0.4, -0.2) is 39.6 Å². The van der Waals surface area contributed by atoms with Crippen LogP contribution in [0.2, 0.25) is 0 Å². The lowest BCUT2D eigenvalue weighted by Gasteiger charge is -2.17. The zero-order chi connectivity index (χ0) is 22.1. The Kier molecular flexibility index (Phi) is 5.04. The molecule has 0 spiro atoms. The van der Waals surface area contributed by atoms with Crippen molar-refractivity contribution in [3.05, 3.63) is 77.7 Å². The van der Waals surface area contributed by atoms with Gasteiger partial charge in [-0.25, -0.2) is 9.97 Å². The molecule has 7 heteroatoms. The molecule has 5 rings (SSSR count). The van der Waals surface area contributed by atoms with Crippen LogP contribution in [0, 0.1) is 18.3 Å². The number of aliphatic imine (C=N–C) groups is 1. The molecule has 3 heterocycles. The number of carbonyl (C=O) groups excluding carboxylic acids is 1. The first-order valence-corrected chi connectivity index (χ1v) is 10.4. The van der Waals surface area contributed by atoms with Crippen molar-refractivity contribution in [2.75, 3.05) is 18.8 Å². The number of hydrogen-bond acceptors (Lipinski definition) is 6. The van der Waals surface area contributed by atoms with Crippen LogP contribution in [-0.2, 0) is 4.79 Å². The van der Waals surface area contributed by atoms with Gasteiger partial charge in [-0.2, -0.15) is 0 Å². The average molecular weight is 423 g/mol. The molecule has 0 saturated carbocycles. The Labute approximate surface area is 186 Å². The van der Waals surface area contributed by atoms with Gasteiger partial charge in [0.1, 0.15) is 23.6 Å². The predicted octanol–water partition coefficient (Wildman–Crippen LogP) is 3.22. The average Bonchev–Trinajstić information content (AvgIpc) is 3.46. The fourth-order valence-corrected chi connectivity index (χ4v) is 4.32. The van der Waals surface area contributed by atoms with Crippen LogP contribution in [0.4, 0.5) is 5.82 Å². The zero-order valence-electron chi connectivity index (χ0n) is 17.3. The first-order chi connectivity index (χ1) is 15.6. The molecular formula is C25H21N5O2. The molecule has 2 N–H and O–H groups in total. The lowest BCUT2D eigenvalue weighted by Crippen LogP contribution is -2.27. The van der Waals surface area contributed by atoms with Crippen LogP contribution in [0.25, 0.3) is 0 Å².